The molecule has 0 spiro atoms. The molecule has 0 amide bonds. The molecule has 0 saturated heterocycles. The van der Waals surface area contributed by atoms with Crippen molar-refractivity contribution in [3.05, 3.63) is 185 Å². The van der Waals surface area contributed by atoms with Gasteiger partial charge in [0.1, 0.15) is 16.9 Å². The number of aryl methyl sites for hydroxylation is 2. The summed E-state index contributed by atoms with van der Waals surface area (Å²) in [5.74, 6) is 1.77. The third-order valence-electron chi connectivity index (χ3n) is 9.80. The van der Waals surface area contributed by atoms with E-state index in [2.05, 4.69) is 145 Å². The molecule has 7 heteroatoms. The van der Waals surface area contributed by atoms with Crippen molar-refractivity contribution in [3.8, 4) is 22.5 Å². The predicted molar refractivity (Wildman–Crippen MR) is 203 cm³/mol. The molecule has 7 nitrogen and oxygen atoms in total. The number of unbranched alkanes of at least 4 members (excludes halogenated alkanes) is 1. The Morgan fingerprint density at radius 2 is 1.24 bits per heavy atom. The number of fused-ring (bicyclic) bond motifs is 1. The van der Waals surface area contributed by atoms with Crippen LogP contribution in [0.4, 0.5) is 0 Å². The van der Waals surface area contributed by atoms with Crippen LogP contribution in [0.15, 0.2) is 152 Å². The van der Waals surface area contributed by atoms with Crippen molar-refractivity contribution in [1.82, 2.24) is 34.7 Å². The van der Waals surface area contributed by atoms with Crippen molar-refractivity contribution >= 4 is 11.2 Å². The molecule has 51 heavy (non-hydrogen) atoms. The fourth-order valence-electron chi connectivity index (χ4n) is 7.26. The molecule has 0 aliphatic rings. The van der Waals surface area contributed by atoms with Crippen molar-refractivity contribution in [3.63, 3.8) is 0 Å². The lowest BCUT2D eigenvalue weighted by Crippen LogP contribution is -2.39. The first kappa shape index (κ1) is 32.0. The Morgan fingerprint density at radius 1 is 0.647 bits per heavy atom. The summed E-state index contributed by atoms with van der Waals surface area (Å²) in [6.45, 7) is 5.04. The first-order valence-electron chi connectivity index (χ1n) is 17.6. The van der Waals surface area contributed by atoms with Gasteiger partial charge in [-0.25, -0.2) is 14.6 Å². The van der Waals surface area contributed by atoms with Crippen LogP contribution in [0.25, 0.3) is 33.7 Å². The monoisotopic (exact) mass is 665 g/mol. The Kier molecular flexibility index (Phi) is 8.76. The highest BCUT2D eigenvalue weighted by Crippen LogP contribution is 2.43. The number of hydrogen-bond acceptors (Lipinski definition) is 5. The van der Waals surface area contributed by atoms with Crippen LogP contribution < -0.4 is 0 Å². The molecule has 250 valence electrons. The van der Waals surface area contributed by atoms with Gasteiger partial charge in [-0.3, -0.25) is 0 Å². The summed E-state index contributed by atoms with van der Waals surface area (Å²) < 4.78 is 4.28. The van der Waals surface area contributed by atoms with Crippen LogP contribution in [-0.4, -0.2) is 34.7 Å². The minimum atomic E-state index is -0.838. The Bertz CT molecular complexity index is 2280. The van der Waals surface area contributed by atoms with E-state index in [-0.39, 0.29) is 0 Å². The van der Waals surface area contributed by atoms with Crippen LogP contribution in [0.1, 0.15) is 53.4 Å². The third-order valence-corrected chi connectivity index (χ3v) is 9.80. The summed E-state index contributed by atoms with van der Waals surface area (Å²) in [7, 11) is 0. The molecule has 0 N–H and O–H groups in total. The molecule has 0 radical (unpaired) electrons. The van der Waals surface area contributed by atoms with E-state index in [4.69, 9.17) is 20.3 Å². The third kappa shape index (κ3) is 5.80. The summed E-state index contributed by atoms with van der Waals surface area (Å²) in [5.41, 5.74) is 9.72. The largest absolute Gasteiger partial charge is 0.308 e. The van der Waals surface area contributed by atoms with Gasteiger partial charge in [-0.1, -0.05) is 153 Å². The van der Waals surface area contributed by atoms with Crippen LogP contribution >= 0.6 is 0 Å². The molecule has 8 aromatic rings. The first-order valence-corrected chi connectivity index (χ1v) is 17.6. The van der Waals surface area contributed by atoms with Crippen molar-refractivity contribution in [2.75, 3.05) is 0 Å². The van der Waals surface area contributed by atoms with Gasteiger partial charge < -0.3 is 4.57 Å². The van der Waals surface area contributed by atoms with Crippen LogP contribution in [0.5, 0.6) is 0 Å². The molecule has 0 fully saturated rings. The molecule has 5 aromatic carbocycles. The maximum Gasteiger partial charge on any atom is 0.184 e. The Morgan fingerprint density at radius 3 is 1.84 bits per heavy atom. The lowest BCUT2D eigenvalue weighted by atomic mass is 9.77. The number of nitrogens with zero attached hydrogens (tertiary/aromatic N) is 7. The standard InChI is InChI=1S/C44H39N7/c1-3-4-24-40-46-41-32(2)29-30-45-43(41)50(40)31-33-25-27-34(28-26-33)38-22-14-15-23-39(38)42-47-48-49-51(42)44(35-16-8-5-9-17-35,36-18-10-6-11-19-36)37-20-12-7-13-21-37/h5-23,25-30H,3-4,24,31H2,1-2H3. The van der Waals surface area contributed by atoms with Crippen molar-refractivity contribution in [2.45, 2.75) is 45.2 Å². The molecule has 0 bridgehead atoms. The predicted octanol–water partition coefficient (Wildman–Crippen LogP) is 9.29. The maximum absolute atomic E-state index is 5.02. The summed E-state index contributed by atoms with van der Waals surface area (Å²) in [6, 6.07) is 50.8. The van der Waals surface area contributed by atoms with E-state index < -0.39 is 5.54 Å². The fraction of sp³-hybridized carbons (Fsp3) is 0.159. The van der Waals surface area contributed by atoms with Crippen molar-refractivity contribution in [1.29, 1.82) is 0 Å². The second-order valence-corrected chi connectivity index (χ2v) is 13.0. The van der Waals surface area contributed by atoms with Crippen LogP contribution in [-0.2, 0) is 18.5 Å². The summed E-state index contributed by atoms with van der Waals surface area (Å²) in [4.78, 5) is 9.77. The molecule has 3 aromatic heterocycles. The number of benzene rings is 5. The van der Waals surface area contributed by atoms with Crippen LogP contribution in [0.2, 0.25) is 0 Å². The highest BCUT2D eigenvalue weighted by atomic mass is 15.6. The molecular weight excluding hydrogens is 627 g/mol. The summed E-state index contributed by atoms with van der Waals surface area (Å²) >= 11 is 0. The highest BCUT2D eigenvalue weighted by Gasteiger charge is 2.42. The average molecular weight is 666 g/mol. The number of imidazole rings is 1. The van der Waals surface area contributed by atoms with E-state index in [0.717, 1.165) is 75.2 Å². The number of tetrazole rings is 1. The second-order valence-electron chi connectivity index (χ2n) is 13.0. The molecule has 0 atom stereocenters. The molecule has 8 rings (SSSR count). The summed E-state index contributed by atoms with van der Waals surface area (Å²) in [6.07, 6.45) is 5.03. The lowest BCUT2D eigenvalue weighted by molar-refractivity contribution is 0.451. The van der Waals surface area contributed by atoms with Gasteiger partial charge >= 0.3 is 0 Å². The number of hydrogen-bond donors (Lipinski definition) is 0. The van der Waals surface area contributed by atoms with Crippen molar-refractivity contribution in [2.24, 2.45) is 0 Å². The lowest BCUT2D eigenvalue weighted by Gasteiger charge is -2.36. The van der Waals surface area contributed by atoms with E-state index in [0.29, 0.717) is 12.4 Å². The van der Waals surface area contributed by atoms with Gasteiger partial charge in [0.15, 0.2) is 11.5 Å². The number of rotatable bonds is 11. The smallest absolute Gasteiger partial charge is 0.184 e. The van der Waals surface area contributed by atoms with E-state index in [9.17, 15) is 0 Å². The highest BCUT2D eigenvalue weighted by molar-refractivity contribution is 5.81. The second kappa shape index (κ2) is 14.0. The number of pyridine rings is 1. The van der Waals surface area contributed by atoms with Gasteiger partial charge in [0.2, 0.25) is 0 Å². The van der Waals surface area contributed by atoms with E-state index >= 15 is 0 Å². The molecule has 0 aliphatic heterocycles. The average Bonchev–Trinajstić information content (AvgIpc) is 3.82. The van der Waals surface area contributed by atoms with Gasteiger partial charge in [0, 0.05) is 18.2 Å². The minimum Gasteiger partial charge on any atom is -0.308 e. The first-order chi connectivity index (χ1) is 25.2. The Hall–Kier alpha value is -6.21. The molecule has 3 heterocycles. The van der Waals surface area contributed by atoms with Crippen LogP contribution in [0, 0.1) is 6.92 Å². The Balaban J connectivity index is 1.23. The summed E-state index contributed by atoms with van der Waals surface area (Å²) in [5, 5.41) is 13.9. The zero-order valence-corrected chi connectivity index (χ0v) is 28.9. The molecule has 0 aliphatic carbocycles. The van der Waals surface area contributed by atoms with Gasteiger partial charge in [0.05, 0.1) is 6.54 Å². The SMILES string of the molecule is CCCCc1nc2c(C)ccnc2n1Cc1ccc(-c2ccccc2-c2nnnn2C(c2ccccc2)(c2ccccc2)c2ccccc2)cc1. The van der Waals surface area contributed by atoms with E-state index in [1.165, 1.54) is 5.56 Å². The van der Waals surface area contributed by atoms with Gasteiger partial charge in [0.25, 0.3) is 0 Å². The molecule has 0 unspecified atom stereocenters. The number of aromatic nitrogens is 7. The fourth-order valence-corrected chi connectivity index (χ4v) is 7.26. The van der Waals surface area contributed by atoms with Crippen molar-refractivity contribution < 1.29 is 0 Å². The minimum absolute atomic E-state index is 0.679. The zero-order chi connectivity index (χ0) is 34.6. The topological polar surface area (TPSA) is 74.3 Å². The molecule has 0 saturated carbocycles. The van der Waals surface area contributed by atoms with Gasteiger partial charge in [-0.05, 0) is 68.8 Å². The van der Waals surface area contributed by atoms with E-state index in [1.807, 2.05) is 35.1 Å². The maximum atomic E-state index is 5.02. The van der Waals surface area contributed by atoms with Crippen LogP contribution in [0.3, 0.4) is 0 Å². The van der Waals surface area contributed by atoms with Gasteiger partial charge in [-0.2, -0.15) is 0 Å². The van der Waals surface area contributed by atoms with Gasteiger partial charge in [-0.15, -0.1) is 5.10 Å². The zero-order valence-electron chi connectivity index (χ0n) is 28.9. The molecular formula is C44H39N7. The normalized spacial score (nSPS) is 11.6. The quantitative estimate of drug-likeness (QED) is 0.129. The van der Waals surface area contributed by atoms with E-state index in [1.54, 1.807) is 0 Å². The Labute approximate surface area is 298 Å².